The molecule has 5 heteroatoms. The molecule has 5 nitrogen and oxygen atoms in total. The lowest BCUT2D eigenvalue weighted by Crippen LogP contribution is -2.47. The Morgan fingerprint density at radius 3 is 2.75 bits per heavy atom. The lowest BCUT2D eigenvalue weighted by Gasteiger charge is -2.44. The van der Waals surface area contributed by atoms with E-state index in [0.29, 0.717) is 12.0 Å². The standard InChI is InChI=1S/C23H34N4O/c1-5-13-26-14-9-11-17-18-10-8-12-20-22(18)19(15-21(17)26)16(4)27(20)24-23(28)25(6-2)7-3/h8,10,12,17,21H,5-7,9,11,13-15H2,1-4H3,(H,24,28)/t17-,21-/m1/s1. The van der Waals surface area contributed by atoms with E-state index in [-0.39, 0.29) is 6.03 Å². The molecule has 2 atom stereocenters. The summed E-state index contributed by atoms with van der Waals surface area (Å²) < 4.78 is 2.04. The van der Waals surface area contributed by atoms with Gasteiger partial charge in [0.15, 0.2) is 0 Å². The van der Waals surface area contributed by atoms with Gasteiger partial charge in [0.2, 0.25) is 0 Å². The number of aromatic nitrogens is 1. The average molecular weight is 383 g/mol. The van der Waals surface area contributed by atoms with E-state index < -0.39 is 0 Å². The van der Waals surface area contributed by atoms with Crippen molar-refractivity contribution in [1.29, 1.82) is 0 Å². The maximum absolute atomic E-state index is 12.7. The topological polar surface area (TPSA) is 40.5 Å². The van der Waals surface area contributed by atoms with Crippen molar-refractivity contribution < 1.29 is 4.79 Å². The van der Waals surface area contributed by atoms with Gasteiger partial charge >= 0.3 is 6.03 Å². The summed E-state index contributed by atoms with van der Waals surface area (Å²) >= 11 is 0. The van der Waals surface area contributed by atoms with Gasteiger partial charge in [-0.15, -0.1) is 0 Å². The fraction of sp³-hybridized carbons (Fsp3) is 0.609. The molecular formula is C23H34N4O. The second kappa shape index (κ2) is 7.78. The monoisotopic (exact) mass is 382 g/mol. The summed E-state index contributed by atoms with van der Waals surface area (Å²) in [7, 11) is 0. The third kappa shape index (κ3) is 3.00. The number of piperidine rings is 1. The molecule has 0 unspecified atom stereocenters. The molecular weight excluding hydrogens is 348 g/mol. The van der Waals surface area contributed by atoms with Gasteiger partial charge in [-0.05, 0) is 76.7 Å². The van der Waals surface area contributed by atoms with Gasteiger partial charge in [-0.2, -0.15) is 0 Å². The zero-order valence-corrected chi connectivity index (χ0v) is 17.8. The number of carbonyl (C=O) groups excluding carboxylic acids is 1. The van der Waals surface area contributed by atoms with E-state index in [0.717, 1.165) is 25.0 Å². The third-order valence-corrected chi connectivity index (χ3v) is 6.87. The second-order valence-electron chi connectivity index (χ2n) is 8.29. The Bertz CT molecular complexity index is 865. The van der Waals surface area contributed by atoms with Crippen LogP contribution in [-0.4, -0.2) is 52.7 Å². The SMILES string of the molecule is CCCN1CCC[C@@H]2c3cccc4c3c(c(C)n4NC(=O)N(CC)CC)C[C@H]21. The molecule has 2 aliphatic rings. The van der Waals surface area contributed by atoms with E-state index in [1.807, 2.05) is 23.4 Å². The summed E-state index contributed by atoms with van der Waals surface area (Å²) in [6, 6.07) is 7.23. The minimum absolute atomic E-state index is 0.0220. The number of hydrogen-bond donors (Lipinski definition) is 1. The van der Waals surface area contributed by atoms with E-state index in [1.165, 1.54) is 54.6 Å². The molecule has 2 amide bonds. The van der Waals surface area contributed by atoms with Crippen molar-refractivity contribution in [3.05, 3.63) is 35.0 Å². The predicted molar refractivity (Wildman–Crippen MR) is 116 cm³/mol. The number of urea groups is 1. The highest BCUT2D eigenvalue weighted by molar-refractivity contribution is 5.93. The summed E-state index contributed by atoms with van der Waals surface area (Å²) in [5.74, 6) is 0.616. The first-order valence-corrected chi connectivity index (χ1v) is 11.0. The van der Waals surface area contributed by atoms with Crippen LogP contribution >= 0.6 is 0 Å². The molecule has 1 fully saturated rings. The number of nitrogens with one attached hydrogen (secondary N) is 1. The van der Waals surface area contributed by atoms with Crippen LogP contribution in [-0.2, 0) is 6.42 Å². The highest BCUT2D eigenvalue weighted by Gasteiger charge is 2.38. The van der Waals surface area contributed by atoms with Gasteiger partial charge in [0, 0.05) is 36.1 Å². The van der Waals surface area contributed by atoms with Crippen molar-refractivity contribution in [3.8, 4) is 0 Å². The summed E-state index contributed by atoms with van der Waals surface area (Å²) in [6.45, 7) is 12.3. The van der Waals surface area contributed by atoms with Crippen LogP contribution in [0.2, 0.25) is 0 Å². The van der Waals surface area contributed by atoms with Crippen molar-refractivity contribution in [2.75, 3.05) is 31.6 Å². The van der Waals surface area contributed by atoms with Crippen molar-refractivity contribution >= 4 is 16.9 Å². The molecule has 0 saturated carbocycles. The fourth-order valence-electron chi connectivity index (χ4n) is 5.48. The zero-order valence-electron chi connectivity index (χ0n) is 17.8. The predicted octanol–water partition coefficient (Wildman–Crippen LogP) is 4.47. The molecule has 4 rings (SSSR count). The lowest BCUT2D eigenvalue weighted by atomic mass is 9.74. The number of amides is 2. The molecule has 1 aliphatic heterocycles. The smallest absolute Gasteiger partial charge is 0.324 e. The Morgan fingerprint density at radius 2 is 2.04 bits per heavy atom. The maximum atomic E-state index is 12.7. The summed E-state index contributed by atoms with van der Waals surface area (Å²) in [4.78, 5) is 17.3. The van der Waals surface area contributed by atoms with Crippen LogP contribution in [0.1, 0.15) is 62.8 Å². The zero-order chi connectivity index (χ0) is 19.8. The van der Waals surface area contributed by atoms with Crippen molar-refractivity contribution in [3.63, 3.8) is 0 Å². The first kappa shape index (κ1) is 19.3. The first-order valence-electron chi connectivity index (χ1n) is 11.0. The molecule has 1 aliphatic carbocycles. The average Bonchev–Trinajstić information content (AvgIpc) is 2.97. The molecule has 0 spiro atoms. The van der Waals surface area contributed by atoms with Crippen LogP contribution in [0.4, 0.5) is 4.79 Å². The molecule has 1 N–H and O–H groups in total. The van der Waals surface area contributed by atoms with Gasteiger partial charge in [0.1, 0.15) is 0 Å². The minimum Gasteiger partial charge on any atom is -0.324 e. The molecule has 152 valence electrons. The van der Waals surface area contributed by atoms with Gasteiger partial charge in [-0.1, -0.05) is 19.1 Å². The number of benzene rings is 1. The Kier molecular flexibility index (Phi) is 5.37. The largest absolute Gasteiger partial charge is 0.336 e. The number of nitrogens with zero attached hydrogens (tertiary/aromatic N) is 3. The highest BCUT2D eigenvalue weighted by atomic mass is 16.2. The Balaban J connectivity index is 1.77. The number of likely N-dealkylation sites (tertiary alicyclic amines) is 1. The van der Waals surface area contributed by atoms with Gasteiger partial charge in [-0.3, -0.25) is 9.58 Å². The Labute approximate surface area is 168 Å². The lowest BCUT2D eigenvalue weighted by molar-refractivity contribution is 0.124. The van der Waals surface area contributed by atoms with E-state index in [4.69, 9.17) is 0 Å². The van der Waals surface area contributed by atoms with Gasteiger partial charge < -0.3 is 4.90 Å². The quantitative estimate of drug-likeness (QED) is 0.829. The molecule has 2 heterocycles. The van der Waals surface area contributed by atoms with E-state index in [1.54, 1.807) is 0 Å². The molecule has 0 bridgehead atoms. The summed E-state index contributed by atoms with van der Waals surface area (Å²) in [6.07, 6.45) is 4.86. The van der Waals surface area contributed by atoms with Gasteiger partial charge in [0.25, 0.3) is 0 Å². The van der Waals surface area contributed by atoms with Crippen LogP contribution in [0.3, 0.4) is 0 Å². The van der Waals surface area contributed by atoms with Crippen LogP contribution < -0.4 is 5.43 Å². The van der Waals surface area contributed by atoms with Crippen molar-refractivity contribution in [2.24, 2.45) is 0 Å². The number of rotatable bonds is 5. The van der Waals surface area contributed by atoms with E-state index in [2.05, 4.69) is 42.4 Å². The van der Waals surface area contributed by atoms with E-state index >= 15 is 0 Å². The molecule has 28 heavy (non-hydrogen) atoms. The van der Waals surface area contributed by atoms with Crippen LogP contribution in [0.5, 0.6) is 0 Å². The number of hydrogen-bond acceptors (Lipinski definition) is 2. The Hall–Kier alpha value is -2.01. The maximum Gasteiger partial charge on any atom is 0.336 e. The first-order chi connectivity index (χ1) is 13.6. The third-order valence-electron chi connectivity index (χ3n) is 6.87. The second-order valence-corrected chi connectivity index (χ2v) is 8.29. The molecule has 1 aromatic carbocycles. The molecule has 1 saturated heterocycles. The van der Waals surface area contributed by atoms with Gasteiger partial charge in [-0.25, -0.2) is 10.2 Å². The molecule has 1 aromatic heterocycles. The minimum atomic E-state index is -0.0220. The van der Waals surface area contributed by atoms with Crippen LogP contribution in [0.25, 0.3) is 10.9 Å². The number of carbonyl (C=O) groups is 1. The highest BCUT2D eigenvalue weighted by Crippen LogP contribution is 2.45. The van der Waals surface area contributed by atoms with Crippen LogP contribution in [0.15, 0.2) is 18.2 Å². The molecule has 0 radical (unpaired) electrons. The fourth-order valence-corrected chi connectivity index (χ4v) is 5.48. The summed E-state index contributed by atoms with van der Waals surface area (Å²) in [5.41, 5.74) is 8.42. The summed E-state index contributed by atoms with van der Waals surface area (Å²) in [5, 5.41) is 1.39. The van der Waals surface area contributed by atoms with Gasteiger partial charge in [0.05, 0.1) is 5.52 Å². The van der Waals surface area contributed by atoms with Crippen molar-refractivity contribution in [1.82, 2.24) is 14.5 Å². The molecule has 2 aromatic rings. The Morgan fingerprint density at radius 1 is 1.25 bits per heavy atom. The van der Waals surface area contributed by atoms with E-state index in [9.17, 15) is 4.79 Å². The van der Waals surface area contributed by atoms with Crippen molar-refractivity contribution in [2.45, 2.75) is 65.3 Å². The normalized spacial score (nSPS) is 21.6. The van der Waals surface area contributed by atoms with Crippen LogP contribution in [0, 0.1) is 6.92 Å². The number of fused-ring (bicyclic) bond motifs is 2.